The summed E-state index contributed by atoms with van der Waals surface area (Å²) in [7, 11) is -1.85. The lowest BCUT2D eigenvalue weighted by Crippen LogP contribution is -2.43. The number of ether oxygens (including phenoxy) is 1. The van der Waals surface area contributed by atoms with Gasteiger partial charge in [-0.15, -0.1) is 0 Å². The van der Waals surface area contributed by atoms with Gasteiger partial charge in [0.1, 0.15) is 5.75 Å². The number of hydrogen-bond donors (Lipinski definition) is 0. The molecule has 6 heteroatoms. The molecule has 3 heterocycles. The minimum Gasteiger partial charge on any atom is -0.542 e. The van der Waals surface area contributed by atoms with Crippen molar-refractivity contribution < 1.29 is 9.16 Å². The van der Waals surface area contributed by atoms with Gasteiger partial charge < -0.3 is 9.16 Å². The molecule has 5 nitrogen and oxygen atoms in total. The van der Waals surface area contributed by atoms with Gasteiger partial charge in [0, 0.05) is 12.0 Å². The second kappa shape index (κ2) is 5.91. The van der Waals surface area contributed by atoms with Crippen LogP contribution in [0.25, 0.3) is 11.0 Å². The molecule has 0 spiro atoms. The Morgan fingerprint density at radius 1 is 1.26 bits per heavy atom. The van der Waals surface area contributed by atoms with E-state index in [9.17, 15) is 0 Å². The quantitative estimate of drug-likeness (QED) is 0.775. The van der Waals surface area contributed by atoms with Crippen LogP contribution in [0.5, 0.6) is 5.75 Å². The number of rotatable bonds is 3. The number of aromatic nitrogens is 3. The molecule has 1 saturated heterocycles. The summed E-state index contributed by atoms with van der Waals surface area (Å²) in [5.41, 5.74) is 0.875. The van der Waals surface area contributed by atoms with E-state index in [1.165, 1.54) is 6.42 Å². The first-order chi connectivity index (χ1) is 10.8. The van der Waals surface area contributed by atoms with Crippen LogP contribution in [0.1, 0.15) is 46.3 Å². The van der Waals surface area contributed by atoms with Crippen LogP contribution in [0.3, 0.4) is 0 Å². The molecular weight excluding hydrogens is 306 g/mol. The van der Waals surface area contributed by atoms with Crippen LogP contribution in [0.15, 0.2) is 18.5 Å². The van der Waals surface area contributed by atoms with E-state index in [1.807, 2.05) is 17.1 Å². The number of pyridine rings is 1. The van der Waals surface area contributed by atoms with Gasteiger partial charge in [0.05, 0.1) is 12.4 Å². The second-order valence-electron chi connectivity index (χ2n) is 7.86. The highest BCUT2D eigenvalue weighted by molar-refractivity contribution is 6.74. The molecule has 0 N–H and O–H groups in total. The number of nitrogens with zero attached hydrogens (tertiary/aromatic N) is 3. The van der Waals surface area contributed by atoms with Crippen LogP contribution >= 0.6 is 0 Å². The van der Waals surface area contributed by atoms with Crippen molar-refractivity contribution in [3.63, 3.8) is 0 Å². The van der Waals surface area contributed by atoms with Crippen LogP contribution in [0, 0.1) is 0 Å². The van der Waals surface area contributed by atoms with Gasteiger partial charge in [0.15, 0.2) is 11.9 Å². The van der Waals surface area contributed by atoms with E-state index in [-0.39, 0.29) is 11.3 Å². The van der Waals surface area contributed by atoms with Gasteiger partial charge in [-0.2, -0.15) is 5.10 Å². The van der Waals surface area contributed by atoms with Gasteiger partial charge in [-0.25, -0.2) is 9.67 Å². The monoisotopic (exact) mass is 333 g/mol. The highest BCUT2D eigenvalue weighted by atomic mass is 28.4. The van der Waals surface area contributed by atoms with Crippen LogP contribution in [-0.2, 0) is 4.74 Å². The first-order valence-electron chi connectivity index (χ1n) is 8.42. The second-order valence-corrected chi connectivity index (χ2v) is 12.6. The summed E-state index contributed by atoms with van der Waals surface area (Å²) in [6.45, 7) is 12.0. The average Bonchev–Trinajstić information content (AvgIpc) is 2.89. The fourth-order valence-electron chi connectivity index (χ4n) is 2.55. The molecule has 2 aromatic heterocycles. The third kappa shape index (κ3) is 3.28. The Morgan fingerprint density at radius 3 is 2.70 bits per heavy atom. The van der Waals surface area contributed by atoms with Crippen molar-refractivity contribution in [2.24, 2.45) is 0 Å². The maximum Gasteiger partial charge on any atom is 0.250 e. The Balaban J connectivity index is 1.86. The van der Waals surface area contributed by atoms with Crippen molar-refractivity contribution in [3.8, 4) is 5.75 Å². The van der Waals surface area contributed by atoms with E-state index in [4.69, 9.17) is 9.16 Å². The van der Waals surface area contributed by atoms with Crippen LogP contribution in [0.2, 0.25) is 18.1 Å². The van der Waals surface area contributed by atoms with E-state index in [0.29, 0.717) is 0 Å². The predicted molar refractivity (Wildman–Crippen MR) is 94.2 cm³/mol. The summed E-state index contributed by atoms with van der Waals surface area (Å²) in [5.74, 6) is 0.841. The molecule has 1 fully saturated rings. The molecule has 1 unspecified atom stereocenters. The van der Waals surface area contributed by atoms with E-state index in [0.717, 1.165) is 36.2 Å². The summed E-state index contributed by atoms with van der Waals surface area (Å²) in [5, 5.41) is 5.67. The fourth-order valence-corrected chi connectivity index (χ4v) is 3.56. The molecule has 0 aliphatic carbocycles. The molecule has 0 saturated carbocycles. The molecule has 1 atom stereocenters. The molecule has 126 valence electrons. The van der Waals surface area contributed by atoms with E-state index in [1.54, 1.807) is 0 Å². The lowest BCUT2D eigenvalue weighted by molar-refractivity contribution is -0.0370. The molecule has 23 heavy (non-hydrogen) atoms. The van der Waals surface area contributed by atoms with E-state index in [2.05, 4.69) is 50.0 Å². The summed E-state index contributed by atoms with van der Waals surface area (Å²) < 4.78 is 14.1. The lowest BCUT2D eigenvalue weighted by atomic mass is 10.2. The molecule has 0 bridgehead atoms. The van der Waals surface area contributed by atoms with Crippen molar-refractivity contribution in [1.82, 2.24) is 14.8 Å². The smallest absolute Gasteiger partial charge is 0.250 e. The maximum absolute atomic E-state index is 6.34. The van der Waals surface area contributed by atoms with Crippen molar-refractivity contribution >= 4 is 19.4 Å². The molecule has 2 aromatic rings. The topological polar surface area (TPSA) is 49.2 Å². The molecule has 0 aromatic carbocycles. The zero-order valence-electron chi connectivity index (χ0n) is 14.8. The third-order valence-corrected chi connectivity index (χ3v) is 9.37. The summed E-state index contributed by atoms with van der Waals surface area (Å²) in [4.78, 5) is 4.60. The first kappa shape index (κ1) is 16.5. The molecule has 1 aliphatic heterocycles. The Kier molecular flexibility index (Phi) is 4.23. The number of hydrogen-bond acceptors (Lipinski definition) is 4. The summed E-state index contributed by atoms with van der Waals surface area (Å²) in [6.07, 6.45) is 7.01. The fraction of sp³-hybridized carbons (Fsp3) is 0.647. The molecular formula is C17H27N3O2Si. The highest BCUT2D eigenvalue weighted by Gasteiger charge is 2.39. The average molecular weight is 334 g/mol. The van der Waals surface area contributed by atoms with Gasteiger partial charge in [-0.1, -0.05) is 20.8 Å². The van der Waals surface area contributed by atoms with Gasteiger partial charge in [-0.05, 0) is 43.5 Å². The summed E-state index contributed by atoms with van der Waals surface area (Å²) in [6, 6.07) is 2.05. The Bertz CT molecular complexity index is 685. The minimum absolute atomic E-state index is 0.0147. The van der Waals surface area contributed by atoms with Crippen molar-refractivity contribution in [2.45, 2.75) is 64.4 Å². The highest BCUT2D eigenvalue weighted by Crippen LogP contribution is 2.37. The van der Waals surface area contributed by atoms with Crippen molar-refractivity contribution in [3.05, 3.63) is 18.5 Å². The summed E-state index contributed by atoms with van der Waals surface area (Å²) >= 11 is 0. The van der Waals surface area contributed by atoms with Crippen LogP contribution < -0.4 is 4.43 Å². The lowest BCUT2D eigenvalue weighted by Gasteiger charge is -2.36. The number of fused-ring (bicyclic) bond motifs is 1. The van der Waals surface area contributed by atoms with Gasteiger partial charge in [0.25, 0.3) is 8.32 Å². The minimum atomic E-state index is -1.85. The molecule has 0 radical (unpaired) electrons. The zero-order chi connectivity index (χ0) is 16.7. The van der Waals surface area contributed by atoms with E-state index >= 15 is 0 Å². The van der Waals surface area contributed by atoms with Gasteiger partial charge in [0.2, 0.25) is 0 Å². The predicted octanol–water partition coefficient (Wildman–Crippen LogP) is 4.51. The Labute approximate surface area is 139 Å². The SMILES string of the molecule is CC(C)(C)[Si](C)(C)Oc1cnc2c(cnn2C2CCCCO2)c1. The Morgan fingerprint density at radius 2 is 2.04 bits per heavy atom. The molecule has 3 rings (SSSR count). The van der Waals surface area contributed by atoms with Crippen LogP contribution in [0.4, 0.5) is 0 Å². The Hall–Kier alpha value is -1.40. The van der Waals surface area contributed by atoms with Crippen LogP contribution in [-0.4, -0.2) is 29.7 Å². The van der Waals surface area contributed by atoms with E-state index < -0.39 is 8.32 Å². The molecule has 1 aliphatic rings. The van der Waals surface area contributed by atoms with Crippen molar-refractivity contribution in [2.75, 3.05) is 6.61 Å². The molecule has 0 amide bonds. The third-order valence-electron chi connectivity index (χ3n) is 5.02. The first-order valence-corrected chi connectivity index (χ1v) is 11.3. The van der Waals surface area contributed by atoms with Crippen molar-refractivity contribution in [1.29, 1.82) is 0 Å². The normalized spacial score (nSPS) is 20.0. The largest absolute Gasteiger partial charge is 0.542 e. The van der Waals surface area contributed by atoms with Gasteiger partial charge >= 0.3 is 0 Å². The maximum atomic E-state index is 6.34. The zero-order valence-corrected chi connectivity index (χ0v) is 15.8. The standard InChI is InChI=1S/C17H27N3O2Si/c1-17(2,3)23(4,5)22-14-10-13-11-19-20(16(13)18-12-14)15-8-6-7-9-21-15/h10-12,15H,6-9H2,1-5H3. The van der Waals surface area contributed by atoms with Gasteiger partial charge in [-0.3, -0.25) is 0 Å².